The Morgan fingerprint density at radius 2 is 1.75 bits per heavy atom. The first kappa shape index (κ1) is 13.5. The molecule has 3 heteroatoms. The number of rotatable bonds is 3. The van der Waals surface area contributed by atoms with Crippen LogP contribution in [0.4, 0.5) is 0 Å². The fourth-order valence-corrected chi connectivity index (χ4v) is 2.25. The number of amides is 1. The number of carbonyl (C=O) groups is 1. The van der Waals surface area contributed by atoms with Gasteiger partial charge in [0.25, 0.3) is 0 Å². The summed E-state index contributed by atoms with van der Waals surface area (Å²) in [7, 11) is 1.94. The average molecular weight is 226 g/mol. The van der Waals surface area contributed by atoms with E-state index in [1.807, 2.05) is 11.9 Å². The second-order valence-electron chi connectivity index (χ2n) is 5.71. The smallest absolute Gasteiger partial charge is 0.228 e. The normalized spacial score (nSPS) is 21.9. The van der Waals surface area contributed by atoms with Gasteiger partial charge < -0.3 is 10.2 Å². The number of piperidine rings is 1. The number of carbonyl (C=O) groups excluding carboxylic acids is 1. The summed E-state index contributed by atoms with van der Waals surface area (Å²) < 4.78 is 0. The molecule has 0 radical (unpaired) electrons. The summed E-state index contributed by atoms with van der Waals surface area (Å²) in [5.41, 5.74) is -0.150. The maximum atomic E-state index is 12.5. The Labute approximate surface area is 99.6 Å². The SMILES string of the molecule is CC(C)C(C)N(C)C(=O)C1(C)CCNCC1. The molecule has 16 heavy (non-hydrogen) atoms. The second-order valence-corrected chi connectivity index (χ2v) is 5.71. The Morgan fingerprint density at radius 3 is 2.19 bits per heavy atom. The van der Waals surface area contributed by atoms with Crippen molar-refractivity contribution in [2.75, 3.05) is 20.1 Å². The number of hydrogen-bond acceptors (Lipinski definition) is 2. The van der Waals surface area contributed by atoms with E-state index in [-0.39, 0.29) is 5.41 Å². The first-order chi connectivity index (χ1) is 7.38. The molecule has 0 aromatic carbocycles. The largest absolute Gasteiger partial charge is 0.342 e. The monoisotopic (exact) mass is 226 g/mol. The van der Waals surface area contributed by atoms with E-state index in [0.29, 0.717) is 17.9 Å². The third-order valence-electron chi connectivity index (χ3n) is 4.12. The van der Waals surface area contributed by atoms with Gasteiger partial charge in [-0.25, -0.2) is 0 Å². The highest BCUT2D eigenvalue weighted by Crippen LogP contribution is 2.31. The Hall–Kier alpha value is -0.570. The molecule has 1 rings (SSSR count). The van der Waals surface area contributed by atoms with Crippen LogP contribution in [0.15, 0.2) is 0 Å². The number of hydrogen-bond donors (Lipinski definition) is 1. The summed E-state index contributed by atoms with van der Waals surface area (Å²) in [6, 6.07) is 0.319. The van der Waals surface area contributed by atoms with Crippen LogP contribution in [0.2, 0.25) is 0 Å². The summed E-state index contributed by atoms with van der Waals surface area (Å²) in [5.74, 6) is 0.828. The lowest BCUT2D eigenvalue weighted by Crippen LogP contribution is -2.50. The molecule has 1 N–H and O–H groups in total. The van der Waals surface area contributed by atoms with Gasteiger partial charge in [0.05, 0.1) is 0 Å². The van der Waals surface area contributed by atoms with E-state index in [9.17, 15) is 4.79 Å². The van der Waals surface area contributed by atoms with E-state index in [1.54, 1.807) is 0 Å². The minimum atomic E-state index is -0.150. The maximum Gasteiger partial charge on any atom is 0.228 e. The van der Waals surface area contributed by atoms with Crippen LogP contribution in [-0.2, 0) is 4.79 Å². The highest BCUT2D eigenvalue weighted by molar-refractivity contribution is 5.82. The third-order valence-corrected chi connectivity index (χ3v) is 4.12. The molecule has 1 aliphatic heterocycles. The van der Waals surface area contributed by atoms with Gasteiger partial charge in [-0.2, -0.15) is 0 Å². The van der Waals surface area contributed by atoms with Crippen LogP contribution in [0.25, 0.3) is 0 Å². The molecule has 0 spiro atoms. The molecule has 1 heterocycles. The quantitative estimate of drug-likeness (QED) is 0.797. The van der Waals surface area contributed by atoms with Crippen LogP contribution in [0.3, 0.4) is 0 Å². The predicted molar refractivity (Wildman–Crippen MR) is 67.3 cm³/mol. The molecule has 1 aliphatic rings. The van der Waals surface area contributed by atoms with Gasteiger partial charge >= 0.3 is 0 Å². The highest BCUT2D eigenvalue weighted by atomic mass is 16.2. The van der Waals surface area contributed by atoms with Gasteiger partial charge in [0.1, 0.15) is 0 Å². The van der Waals surface area contributed by atoms with E-state index in [2.05, 4.69) is 33.0 Å². The highest BCUT2D eigenvalue weighted by Gasteiger charge is 2.37. The zero-order valence-electron chi connectivity index (χ0n) is 11.3. The standard InChI is InChI=1S/C13H26N2O/c1-10(2)11(3)15(5)12(16)13(4)6-8-14-9-7-13/h10-11,14H,6-9H2,1-5H3. The van der Waals surface area contributed by atoms with Crippen LogP contribution in [-0.4, -0.2) is 37.0 Å². The Morgan fingerprint density at radius 1 is 1.25 bits per heavy atom. The van der Waals surface area contributed by atoms with Gasteiger partial charge in [-0.15, -0.1) is 0 Å². The lowest BCUT2D eigenvalue weighted by molar-refractivity contribution is -0.144. The van der Waals surface area contributed by atoms with E-state index in [0.717, 1.165) is 25.9 Å². The molecule has 1 atom stereocenters. The van der Waals surface area contributed by atoms with Crippen molar-refractivity contribution < 1.29 is 4.79 Å². The number of nitrogens with one attached hydrogen (secondary N) is 1. The van der Waals surface area contributed by atoms with E-state index in [4.69, 9.17) is 0 Å². The molecule has 0 aromatic heterocycles. The van der Waals surface area contributed by atoms with Crippen molar-refractivity contribution in [2.45, 2.75) is 46.6 Å². The van der Waals surface area contributed by atoms with Crippen LogP contribution in [0.5, 0.6) is 0 Å². The van der Waals surface area contributed by atoms with Crippen LogP contribution < -0.4 is 5.32 Å². The Kier molecular flexibility index (Phi) is 4.36. The van der Waals surface area contributed by atoms with Gasteiger partial charge in [0.2, 0.25) is 5.91 Å². The molecule has 0 saturated carbocycles. The molecular weight excluding hydrogens is 200 g/mol. The maximum absolute atomic E-state index is 12.5. The van der Waals surface area contributed by atoms with Crippen LogP contribution in [0.1, 0.15) is 40.5 Å². The molecule has 1 amide bonds. The Balaban J connectivity index is 2.68. The molecule has 1 unspecified atom stereocenters. The lowest BCUT2D eigenvalue weighted by atomic mass is 9.79. The molecule has 0 aliphatic carbocycles. The fraction of sp³-hybridized carbons (Fsp3) is 0.923. The van der Waals surface area contributed by atoms with Gasteiger partial charge in [0.15, 0.2) is 0 Å². The molecule has 3 nitrogen and oxygen atoms in total. The van der Waals surface area contributed by atoms with Crippen molar-refractivity contribution in [2.24, 2.45) is 11.3 Å². The molecule has 1 fully saturated rings. The average Bonchev–Trinajstić information content (AvgIpc) is 2.27. The summed E-state index contributed by atoms with van der Waals surface area (Å²) >= 11 is 0. The second kappa shape index (κ2) is 5.17. The van der Waals surface area contributed by atoms with Crippen molar-refractivity contribution in [3.05, 3.63) is 0 Å². The van der Waals surface area contributed by atoms with E-state index >= 15 is 0 Å². The summed E-state index contributed by atoms with van der Waals surface area (Å²) in [6.45, 7) is 10.5. The number of nitrogens with zero attached hydrogens (tertiary/aromatic N) is 1. The Bertz CT molecular complexity index is 244. The van der Waals surface area contributed by atoms with Gasteiger partial charge in [-0.1, -0.05) is 20.8 Å². The first-order valence-electron chi connectivity index (χ1n) is 6.36. The van der Waals surface area contributed by atoms with Gasteiger partial charge in [-0.05, 0) is 38.8 Å². The molecule has 0 aromatic rings. The molecular formula is C13H26N2O. The molecule has 94 valence electrons. The van der Waals surface area contributed by atoms with Gasteiger partial charge in [-0.3, -0.25) is 4.79 Å². The predicted octanol–water partition coefficient (Wildman–Crippen LogP) is 1.88. The zero-order valence-corrected chi connectivity index (χ0v) is 11.3. The topological polar surface area (TPSA) is 32.3 Å². The zero-order chi connectivity index (χ0) is 12.3. The summed E-state index contributed by atoms with van der Waals surface area (Å²) in [6.07, 6.45) is 1.92. The van der Waals surface area contributed by atoms with Crippen molar-refractivity contribution in [1.82, 2.24) is 10.2 Å². The van der Waals surface area contributed by atoms with E-state index in [1.165, 1.54) is 0 Å². The van der Waals surface area contributed by atoms with Gasteiger partial charge in [0, 0.05) is 18.5 Å². The lowest BCUT2D eigenvalue weighted by Gasteiger charge is -2.39. The third kappa shape index (κ3) is 2.76. The molecule has 1 saturated heterocycles. The minimum absolute atomic E-state index is 0.150. The van der Waals surface area contributed by atoms with Crippen molar-refractivity contribution in [3.63, 3.8) is 0 Å². The fourth-order valence-electron chi connectivity index (χ4n) is 2.25. The van der Waals surface area contributed by atoms with Crippen molar-refractivity contribution in [1.29, 1.82) is 0 Å². The van der Waals surface area contributed by atoms with Crippen molar-refractivity contribution >= 4 is 5.91 Å². The van der Waals surface area contributed by atoms with E-state index < -0.39 is 0 Å². The first-order valence-corrected chi connectivity index (χ1v) is 6.36. The van der Waals surface area contributed by atoms with Crippen molar-refractivity contribution in [3.8, 4) is 0 Å². The van der Waals surface area contributed by atoms with Crippen LogP contribution in [0, 0.1) is 11.3 Å². The summed E-state index contributed by atoms with van der Waals surface area (Å²) in [5, 5.41) is 3.31. The summed E-state index contributed by atoms with van der Waals surface area (Å²) in [4.78, 5) is 14.4. The van der Waals surface area contributed by atoms with Crippen LogP contribution >= 0.6 is 0 Å². The molecule has 0 bridgehead atoms. The minimum Gasteiger partial charge on any atom is -0.342 e.